The molecule has 0 bridgehead atoms. The van der Waals surface area contributed by atoms with Crippen LogP contribution < -0.4 is 19.1 Å². The lowest BCUT2D eigenvalue weighted by Crippen LogP contribution is -2.52. The van der Waals surface area contributed by atoms with Crippen LogP contribution >= 0.6 is 11.6 Å². The number of amides is 2. The minimum absolute atomic E-state index is 0.0834. The molecule has 2 rings (SSSR count). The maximum atomic E-state index is 13.8. The van der Waals surface area contributed by atoms with Gasteiger partial charge in [0.1, 0.15) is 24.1 Å². The van der Waals surface area contributed by atoms with E-state index in [9.17, 15) is 18.0 Å². The van der Waals surface area contributed by atoms with Crippen LogP contribution in [0.15, 0.2) is 42.5 Å². The molecule has 0 saturated heterocycles. The van der Waals surface area contributed by atoms with Gasteiger partial charge in [-0.15, -0.1) is 0 Å². The van der Waals surface area contributed by atoms with Crippen molar-refractivity contribution in [1.82, 2.24) is 10.2 Å². The van der Waals surface area contributed by atoms with Crippen molar-refractivity contribution in [2.45, 2.75) is 45.7 Å². The van der Waals surface area contributed by atoms with Crippen molar-refractivity contribution in [3.8, 4) is 11.5 Å². The van der Waals surface area contributed by atoms with Crippen molar-refractivity contribution in [3.63, 3.8) is 0 Å². The summed E-state index contributed by atoms with van der Waals surface area (Å²) < 4.78 is 37.2. The number of ether oxygens (including phenoxy) is 2. The molecule has 1 atom stereocenters. The number of nitrogens with zero attached hydrogens (tertiary/aromatic N) is 2. The Balaban J connectivity index is 2.49. The predicted octanol–water partition coefficient (Wildman–Crippen LogP) is 3.85. The van der Waals surface area contributed by atoms with Gasteiger partial charge in [0.2, 0.25) is 21.8 Å². The average molecular weight is 554 g/mol. The minimum Gasteiger partial charge on any atom is -0.497 e. The molecule has 0 saturated carbocycles. The number of nitrogens with one attached hydrogen (secondary N) is 1. The molecule has 37 heavy (non-hydrogen) atoms. The first kappa shape index (κ1) is 30.2. The maximum Gasteiger partial charge on any atom is 0.244 e. The van der Waals surface area contributed by atoms with Crippen molar-refractivity contribution in [2.75, 3.05) is 37.9 Å². The highest BCUT2D eigenvalue weighted by atomic mass is 35.5. The molecule has 0 unspecified atom stereocenters. The Kier molecular flexibility index (Phi) is 11.5. The molecule has 0 heterocycles. The summed E-state index contributed by atoms with van der Waals surface area (Å²) in [4.78, 5) is 28.3. The molecule has 0 aliphatic heterocycles. The first-order valence-electron chi connectivity index (χ1n) is 12.1. The standard InChI is InChI=1S/C26H36ClN3O6S/c1-6-8-14-28-26(32)22(7-2)29(17-19-10-9-11-21(15-19)35-3)25(31)18-30(37(5,33)34)23-16-20(27)12-13-24(23)36-4/h9-13,15-16,22H,6-8,14,17-18H2,1-5H3,(H,28,32)/t22-/m1/s1. The van der Waals surface area contributed by atoms with Gasteiger partial charge in [0, 0.05) is 18.1 Å². The van der Waals surface area contributed by atoms with E-state index in [2.05, 4.69) is 5.32 Å². The monoisotopic (exact) mass is 553 g/mol. The van der Waals surface area contributed by atoms with Gasteiger partial charge in [0.15, 0.2) is 0 Å². The van der Waals surface area contributed by atoms with Gasteiger partial charge in [0.05, 0.1) is 26.2 Å². The second-order valence-electron chi connectivity index (χ2n) is 8.53. The molecule has 0 aliphatic rings. The van der Waals surface area contributed by atoms with E-state index in [-0.39, 0.29) is 28.9 Å². The molecule has 11 heteroatoms. The van der Waals surface area contributed by atoms with Crippen LogP contribution in [-0.2, 0) is 26.2 Å². The Hall–Kier alpha value is -2.98. The molecule has 2 amide bonds. The van der Waals surface area contributed by atoms with Gasteiger partial charge in [-0.3, -0.25) is 13.9 Å². The zero-order chi connectivity index (χ0) is 27.6. The Bertz CT molecular complexity index is 1170. The summed E-state index contributed by atoms with van der Waals surface area (Å²) in [7, 11) is -0.980. The van der Waals surface area contributed by atoms with Crippen molar-refractivity contribution < 1.29 is 27.5 Å². The van der Waals surface area contributed by atoms with Crippen LogP contribution in [0, 0.1) is 0 Å². The molecule has 1 N–H and O–H groups in total. The second kappa shape index (κ2) is 14.1. The summed E-state index contributed by atoms with van der Waals surface area (Å²) in [5.41, 5.74) is 0.867. The summed E-state index contributed by atoms with van der Waals surface area (Å²) in [5.74, 6) is 0.00398. The number of benzene rings is 2. The third kappa shape index (κ3) is 8.53. The van der Waals surface area contributed by atoms with E-state index in [4.69, 9.17) is 21.1 Å². The van der Waals surface area contributed by atoms with Crippen LogP contribution in [0.3, 0.4) is 0 Å². The number of halogens is 1. The van der Waals surface area contributed by atoms with Crippen LogP contribution in [0.2, 0.25) is 5.02 Å². The predicted molar refractivity (Wildman–Crippen MR) is 146 cm³/mol. The summed E-state index contributed by atoms with van der Waals surface area (Å²) in [6, 6.07) is 10.9. The molecule has 2 aromatic carbocycles. The molecule has 2 aromatic rings. The number of carbonyl (C=O) groups excluding carboxylic acids is 2. The van der Waals surface area contributed by atoms with Crippen molar-refractivity contribution >= 4 is 39.1 Å². The van der Waals surface area contributed by atoms with Crippen molar-refractivity contribution in [1.29, 1.82) is 0 Å². The van der Waals surface area contributed by atoms with Gasteiger partial charge in [-0.2, -0.15) is 0 Å². The number of unbranched alkanes of at least 4 members (excludes halogenated alkanes) is 1. The van der Waals surface area contributed by atoms with E-state index in [0.29, 0.717) is 18.7 Å². The number of methoxy groups -OCH3 is 2. The molecule has 0 radical (unpaired) electrons. The fourth-order valence-electron chi connectivity index (χ4n) is 3.85. The van der Waals surface area contributed by atoms with Crippen molar-refractivity contribution in [3.05, 3.63) is 53.1 Å². The largest absolute Gasteiger partial charge is 0.497 e. The first-order valence-corrected chi connectivity index (χ1v) is 14.3. The van der Waals surface area contributed by atoms with Gasteiger partial charge in [-0.1, -0.05) is 44.0 Å². The zero-order valence-corrected chi connectivity index (χ0v) is 23.6. The fraction of sp³-hybridized carbons (Fsp3) is 0.462. The third-order valence-electron chi connectivity index (χ3n) is 5.79. The quantitative estimate of drug-likeness (QED) is 0.356. The van der Waals surface area contributed by atoms with Crippen LogP contribution in [-0.4, -0.2) is 64.7 Å². The first-order chi connectivity index (χ1) is 17.5. The molecule has 204 valence electrons. The van der Waals surface area contributed by atoms with Crippen molar-refractivity contribution in [2.24, 2.45) is 0 Å². The van der Waals surface area contributed by atoms with Gasteiger partial charge in [-0.05, 0) is 48.7 Å². The highest BCUT2D eigenvalue weighted by molar-refractivity contribution is 7.92. The van der Waals surface area contributed by atoms with E-state index in [1.54, 1.807) is 31.4 Å². The van der Waals surface area contributed by atoms with Crippen LogP contribution in [0.4, 0.5) is 5.69 Å². The SMILES string of the molecule is CCCCNC(=O)[C@@H](CC)N(Cc1cccc(OC)c1)C(=O)CN(c1cc(Cl)ccc1OC)S(C)(=O)=O. The number of anilines is 1. The smallest absolute Gasteiger partial charge is 0.244 e. The Morgan fingerprint density at radius 2 is 1.81 bits per heavy atom. The number of carbonyl (C=O) groups is 2. The number of sulfonamides is 1. The number of hydrogen-bond donors (Lipinski definition) is 1. The van der Waals surface area contributed by atoms with Gasteiger partial charge < -0.3 is 19.7 Å². The molecule has 9 nitrogen and oxygen atoms in total. The molecule has 0 spiro atoms. The number of hydrogen-bond acceptors (Lipinski definition) is 6. The number of rotatable bonds is 14. The summed E-state index contributed by atoms with van der Waals surface area (Å²) in [6.45, 7) is 3.86. The van der Waals surface area contributed by atoms with E-state index in [1.165, 1.54) is 24.1 Å². The van der Waals surface area contributed by atoms with E-state index in [0.717, 1.165) is 29.0 Å². The zero-order valence-electron chi connectivity index (χ0n) is 22.0. The maximum absolute atomic E-state index is 13.8. The molecular weight excluding hydrogens is 518 g/mol. The van der Waals surface area contributed by atoms with Gasteiger partial charge in [0.25, 0.3) is 0 Å². The lowest BCUT2D eigenvalue weighted by molar-refractivity contribution is -0.140. The highest BCUT2D eigenvalue weighted by Gasteiger charge is 2.32. The minimum atomic E-state index is -3.92. The van der Waals surface area contributed by atoms with Crippen LogP contribution in [0.5, 0.6) is 11.5 Å². The second-order valence-corrected chi connectivity index (χ2v) is 10.9. The van der Waals surface area contributed by atoms with E-state index < -0.39 is 28.5 Å². The highest BCUT2D eigenvalue weighted by Crippen LogP contribution is 2.33. The lowest BCUT2D eigenvalue weighted by Gasteiger charge is -2.33. The van der Waals surface area contributed by atoms with Crippen LogP contribution in [0.1, 0.15) is 38.7 Å². The van der Waals surface area contributed by atoms with Crippen LogP contribution in [0.25, 0.3) is 0 Å². The van der Waals surface area contributed by atoms with Gasteiger partial charge in [-0.25, -0.2) is 8.42 Å². The van der Waals surface area contributed by atoms with E-state index >= 15 is 0 Å². The summed E-state index contributed by atoms with van der Waals surface area (Å²) >= 11 is 6.14. The lowest BCUT2D eigenvalue weighted by atomic mass is 10.1. The Labute approximate surface area is 224 Å². The van der Waals surface area contributed by atoms with E-state index in [1.807, 2.05) is 19.9 Å². The topological polar surface area (TPSA) is 105 Å². The summed E-state index contributed by atoms with van der Waals surface area (Å²) in [5, 5.41) is 3.18. The molecule has 0 aromatic heterocycles. The molecular formula is C26H36ClN3O6S. The Morgan fingerprint density at radius 3 is 2.41 bits per heavy atom. The average Bonchev–Trinajstić information content (AvgIpc) is 2.86. The fourth-order valence-corrected chi connectivity index (χ4v) is 4.86. The van der Waals surface area contributed by atoms with Gasteiger partial charge >= 0.3 is 0 Å². The molecule has 0 fully saturated rings. The molecule has 0 aliphatic carbocycles. The Morgan fingerprint density at radius 1 is 1.08 bits per heavy atom. The normalized spacial score (nSPS) is 11.9. The third-order valence-corrected chi connectivity index (χ3v) is 7.15. The summed E-state index contributed by atoms with van der Waals surface area (Å²) in [6.07, 6.45) is 3.06.